The van der Waals surface area contributed by atoms with Crippen LogP contribution in [0.25, 0.3) is 22.0 Å². The van der Waals surface area contributed by atoms with Crippen molar-refractivity contribution >= 4 is 45.5 Å². The van der Waals surface area contributed by atoms with Gasteiger partial charge in [0.2, 0.25) is 0 Å². The van der Waals surface area contributed by atoms with Crippen LogP contribution >= 0.6 is 11.6 Å². The molecule has 7 nitrogen and oxygen atoms in total. The molecule has 3 aromatic carbocycles. The Morgan fingerprint density at radius 1 is 1.09 bits per heavy atom. The number of halogens is 1. The van der Waals surface area contributed by atoms with Crippen molar-refractivity contribution in [2.45, 2.75) is 24.9 Å². The highest BCUT2D eigenvalue weighted by Crippen LogP contribution is 2.46. The van der Waals surface area contributed by atoms with Gasteiger partial charge in [-0.15, -0.1) is 0 Å². The predicted octanol–water partition coefficient (Wildman–Crippen LogP) is 5.60. The molecule has 1 saturated carbocycles. The van der Waals surface area contributed by atoms with Gasteiger partial charge in [0.1, 0.15) is 5.52 Å². The number of carboxylic acid groups (broad SMARTS) is 1. The monoisotopic (exact) mass is 485 g/mol. The highest BCUT2D eigenvalue weighted by Gasteiger charge is 2.46. The molecule has 2 heterocycles. The second-order valence-electron chi connectivity index (χ2n) is 8.87. The number of aromatic nitrogens is 2. The van der Waals surface area contributed by atoms with Crippen LogP contribution in [0.5, 0.6) is 0 Å². The molecular formula is C27H20ClN3O4. The number of hydrogen-bond acceptors (Lipinski definition) is 4. The second-order valence-corrected chi connectivity index (χ2v) is 9.31. The van der Waals surface area contributed by atoms with E-state index in [-0.39, 0.29) is 11.5 Å². The fraction of sp³-hybridized carbons (Fsp3) is 0.148. The molecular weight excluding hydrogens is 466 g/mol. The Morgan fingerprint density at radius 3 is 2.51 bits per heavy atom. The number of fused-ring (bicyclic) bond motifs is 3. The largest absolute Gasteiger partial charge is 0.478 e. The smallest absolute Gasteiger partial charge is 0.335 e. The standard InChI is InChI=1S/C27H20ClN3O4/c28-19-7-1-16(2-8-19)14-31-12-9-20-23-22(35-15-29-23)13-21(24(20)31)25(32)30-27(10-11-27)18-5-3-17(4-6-18)26(33)34/h1-9,12-13,15H,10-11,14H2,(H,30,32)(H,33,34). The lowest BCUT2D eigenvalue weighted by molar-refractivity contribution is 0.0696. The predicted molar refractivity (Wildman–Crippen MR) is 132 cm³/mol. The minimum atomic E-state index is -0.977. The first-order valence-corrected chi connectivity index (χ1v) is 11.6. The molecule has 8 heteroatoms. The quantitative estimate of drug-likeness (QED) is 0.326. The Kier molecular flexibility index (Phi) is 4.89. The SMILES string of the molecule is O=C(O)c1ccc(C2(NC(=O)c3cc4ocnc4c4ccn(Cc5ccc(Cl)cc5)c34)CC2)cc1. The Balaban J connectivity index is 1.39. The number of carbonyl (C=O) groups is 2. The van der Waals surface area contributed by atoms with Gasteiger partial charge in [-0.2, -0.15) is 0 Å². The maximum atomic E-state index is 13.7. The number of aromatic carboxylic acids is 1. The van der Waals surface area contributed by atoms with Gasteiger partial charge in [0.15, 0.2) is 12.0 Å². The van der Waals surface area contributed by atoms with Crippen molar-refractivity contribution in [3.8, 4) is 0 Å². The molecule has 0 saturated heterocycles. The normalized spacial score (nSPS) is 14.3. The summed E-state index contributed by atoms with van der Waals surface area (Å²) in [6, 6.07) is 18.0. The van der Waals surface area contributed by atoms with Crippen LogP contribution in [-0.4, -0.2) is 26.5 Å². The zero-order valence-corrected chi connectivity index (χ0v) is 19.2. The fourth-order valence-corrected chi connectivity index (χ4v) is 4.77. The first kappa shape index (κ1) is 21.4. The zero-order chi connectivity index (χ0) is 24.2. The van der Waals surface area contributed by atoms with E-state index in [1.165, 1.54) is 6.39 Å². The summed E-state index contributed by atoms with van der Waals surface area (Å²) in [5.41, 5.74) is 4.17. The molecule has 35 heavy (non-hydrogen) atoms. The molecule has 0 radical (unpaired) electrons. The minimum absolute atomic E-state index is 0.216. The summed E-state index contributed by atoms with van der Waals surface area (Å²) in [5.74, 6) is -1.20. The number of oxazole rings is 1. The van der Waals surface area contributed by atoms with Crippen LogP contribution in [-0.2, 0) is 12.1 Å². The van der Waals surface area contributed by atoms with E-state index in [1.807, 2.05) is 41.1 Å². The van der Waals surface area contributed by atoms with Gasteiger partial charge in [0.05, 0.1) is 22.2 Å². The fourth-order valence-electron chi connectivity index (χ4n) is 4.64. The van der Waals surface area contributed by atoms with Gasteiger partial charge < -0.3 is 19.4 Å². The molecule has 174 valence electrons. The molecule has 1 amide bonds. The number of nitrogens with one attached hydrogen (secondary N) is 1. The first-order valence-electron chi connectivity index (χ1n) is 11.2. The Bertz CT molecular complexity index is 1600. The summed E-state index contributed by atoms with van der Waals surface area (Å²) in [7, 11) is 0. The van der Waals surface area contributed by atoms with Crippen LogP contribution in [0, 0.1) is 0 Å². The van der Waals surface area contributed by atoms with E-state index in [4.69, 9.17) is 16.0 Å². The van der Waals surface area contributed by atoms with Gasteiger partial charge in [-0.1, -0.05) is 35.9 Å². The highest BCUT2D eigenvalue weighted by molar-refractivity contribution is 6.30. The summed E-state index contributed by atoms with van der Waals surface area (Å²) in [6.07, 6.45) is 4.89. The van der Waals surface area contributed by atoms with Crippen molar-refractivity contribution in [1.82, 2.24) is 14.9 Å². The highest BCUT2D eigenvalue weighted by atomic mass is 35.5. The summed E-state index contributed by atoms with van der Waals surface area (Å²) >= 11 is 6.04. The molecule has 0 atom stereocenters. The van der Waals surface area contributed by atoms with Gasteiger partial charge in [-0.05, 0) is 60.4 Å². The number of carboxylic acids is 1. The van der Waals surface area contributed by atoms with Crippen LogP contribution in [0.15, 0.2) is 77.7 Å². The van der Waals surface area contributed by atoms with E-state index in [0.717, 1.165) is 34.9 Å². The molecule has 0 bridgehead atoms. The lowest BCUT2D eigenvalue weighted by Gasteiger charge is -2.19. The van der Waals surface area contributed by atoms with Gasteiger partial charge in [0.25, 0.3) is 5.91 Å². The summed E-state index contributed by atoms with van der Waals surface area (Å²) < 4.78 is 7.58. The van der Waals surface area contributed by atoms with Gasteiger partial charge >= 0.3 is 5.97 Å². The van der Waals surface area contributed by atoms with Crippen LogP contribution < -0.4 is 5.32 Å². The second kappa shape index (κ2) is 7.99. The van der Waals surface area contributed by atoms with Gasteiger partial charge in [0, 0.05) is 23.2 Å². The molecule has 5 aromatic rings. The van der Waals surface area contributed by atoms with E-state index in [1.54, 1.807) is 30.3 Å². The number of benzene rings is 3. The third-order valence-electron chi connectivity index (χ3n) is 6.64. The molecule has 1 aliphatic rings. The van der Waals surface area contributed by atoms with Crippen molar-refractivity contribution < 1.29 is 19.1 Å². The number of hydrogen-bond donors (Lipinski definition) is 2. The maximum Gasteiger partial charge on any atom is 0.335 e. The van der Waals surface area contributed by atoms with Crippen LogP contribution in [0.4, 0.5) is 0 Å². The molecule has 0 aliphatic heterocycles. The van der Waals surface area contributed by atoms with Crippen molar-refractivity contribution in [3.63, 3.8) is 0 Å². The van der Waals surface area contributed by atoms with E-state index in [9.17, 15) is 14.7 Å². The summed E-state index contributed by atoms with van der Waals surface area (Å²) in [6.45, 7) is 0.562. The first-order chi connectivity index (χ1) is 16.9. The minimum Gasteiger partial charge on any atom is -0.478 e. The Labute approximate surface area is 204 Å². The van der Waals surface area contributed by atoms with Crippen LogP contribution in [0.2, 0.25) is 5.02 Å². The molecule has 1 fully saturated rings. The number of carbonyl (C=O) groups excluding carboxylic acids is 1. The third-order valence-corrected chi connectivity index (χ3v) is 6.89. The van der Waals surface area contributed by atoms with Crippen molar-refractivity contribution in [2.75, 3.05) is 0 Å². The van der Waals surface area contributed by atoms with E-state index >= 15 is 0 Å². The Morgan fingerprint density at radius 2 is 1.83 bits per heavy atom. The molecule has 0 unspecified atom stereocenters. The number of nitrogens with zero attached hydrogens (tertiary/aromatic N) is 2. The van der Waals surface area contributed by atoms with Crippen molar-refractivity contribution in [1.29, 1.82) is 0 Å². The van der Waals surface area contributed by atoms with Crippen LogP contribution in [0.1, 0.15) is 44.7 Å². The van der Waals surface area contributed by atoms with Crippen LogP contribution in [0.3, 0.4) is 0 Å². The average Bonchev–Trinajstić information content (AvgIpc) is 3.28. The molecule has 2 aromatic heterocycles. The van der Waals surface area contributed by atoms with E-state index in [2.05, 4.69) is 10.3 Å². The molecule has 0 spiro atoms. The van der Waals surface area contributed by atoms with Gasteiger partial charge in [-0.3, -0.25) is 4.79 Å². The molecule has 6 rings (SSSR count). The van der Waals surface area contributed by atoms with E-state index < -0.39 is 11.5 Å². The maximum absolute atomic E-state index is 13.7. The van der Waals surface area contributed by atoms with Crippen molar-refractivity contribution in [3.05, 3.63) is 101 Å². The van der Waals surface area contributed by atoms with E-state index in [0.29, 0.717) is 28.2 Å². The molecule has 2 N–H and O–H groups in total. The average molecular weight is 486 g/mol. The number of amides is 1. The lowest BCUT2D eigenvalue weighted by atomic mass is 10.0. The third kappa shape index (κ3) is 3.74. The zero-order valence-electron chi connectivity index (χ0n) is 18.5. The number of rotatable bonds is 6. The Hall–Kier alpha value is -4.10. The summed E-state index contributed by atoms with van der Waals surface area (Å²) in [5, 5.41) is 13.9. The topological polar surface area (TPSA) is 97.4 Å². The molecule has 1 aliphatic carbocycles. The van der Waals surface area contributed by atoms with Gasteiger partial charge in [-0.25, -0.2) is 9.78 Å². The van der Waals surface area contributed by atoms with Crippen molar-refractivity contribution in [2.24, 2.45) is 0 Å². The lowest BCUT2D eigenvalue weighted by Crippen LogP contribution is -2.35. The summed E-state index contributed by atoms with van der Waals surface area (Å²) in [4.78, 5) is 29.2.